The average molecular weight is 255 g/mol. The van der Waals surface area contributed by atoms with Gasteiger partial charge >= 0.3 is 0 Å². The number of amides is 1. The Hall–Kier alpha value is -2.36. The molecule has 1 heterocycles. The molecule has 0 unspecified atom stereocenters. The van der Waals surface area contributed by atoms with E-state index in [1.165, 1.54) is 5.56 Å². The standard InChI is InChI=1S/C15H17N3O/c1-3-11-4-6-12(7-5-11)15(19)18-13-8-9-14(16-2)17-10-13/h4-10H,3H2,1-2H3,(H,16,17)(H,18,19). The van der Waals surface area contributed by atoms with Crippen molar-refractivity contribution in [2.24, 2.45) is 0 Å². The summed E-state index contributed by atoms with van der Waals surface area (Å²) in [6.45, 7) is 2.09. The molecule has 0 spiro atoms. The molecule has 1 amide bonds. The highest BCUT2D eigenvalue weighted by atomic mass is 16.1. The molecule has 0 atom stereocenters. The molecule has 4 heteroatoms. The Bertz CT molecular complexity index is 547. The normalized spacial score (nSPS) is 10.0. The van der Waals surface area contributed by atoms with E-state index in [-0.39, 0.29) is 5.91 Å². The third-order valence-electron chi connectivity index (χ3n) is 2.90. The smallest absolute Gasteiger partial charge is 0.255 e. The first-order chi connectivity index (χ1) is 9.22. The predicted octanol–water partition coefficient (Wildman–Crippen LogP) is 2.94. The van der Waals surface area contributed by atoms with Gasteiger partial charge in [-0.1, -0.05) is 19.1 Å². The molecule has 0 aliphatic rings. The van der Waals surface area contributed by atoms with Crippen molar-refractivity contribution in [1.29, 1.82) is 0 Å². The number of nitrogens with one attached hydrogen (secondary N) is 2. The van der Waals surface area contributed by atoms with Crippen LogP contribution in [0.2, 0.25) is 0 Å². The first kappa shape index (κ1) is 13.1. The molecule has 2 aromatic rings. The summed E-state index contributed by atoms with van der Waals surface area (Å²) < 4.78 is 0. The van der Waals surface area contributed by atoms with Crippen LogP contribution in [0.25, 0.3) is 0 Å². The van der Waals surface area contributed by atoms with E-state index in [2.05, 4.69) is 22.5 Å². The lowest BCUT2D eigenvalue weighted by molar-refractivity contribution is 0.102. The summed E-state index contributed by atoms with van der Waals surface area (Å²) in [7, 11) is 1.80. The van der Waals surface area contributed by atoms with Crippen LogP contribution in [-0.2, 0) is 6.42 Å². The molecule has 19 heavy (non-hydrogen) atoms. The van der Waals surface area contributed by atoms with Crippen molar-refractivity contribution in [1.82, 2.24) is 4.98 Å². The van der Waals surface area contributed by atoms with Gasteiger partial charge in [-0.3, -0.25) is 4.79 Å². The average Bonchev–Trinajstić information content (AvgIpc) is 2.48. The second kappa shape index (κ2) is 6.00. The summed E-state index contributed by atoms with van der Waals surface area (Å²) in [5.74, 6) is 0.645. The van der Waals surface area contributed by atoms with Crippen LogP contribution in [0.1, 0.15) is 22.8 Å². The van der Waals surface area contributed by atoms with Gasteiger partial charge in [-0.2, -0.15) is 0 Å². The van der Waals surface area contributed by atoms with Crippen molar-refractivity contribution in [2.75, 3.05) is 17.7 Å². The van der Waals surface area contributed by atoms with Crippen LogP contribution in [0.3, 0.4) is 0 Å². The predicted molar refractivity (Wildman–Crippen MR) is 77.6 cm³/mol. The number of carbonyl (C=O) groups is 1. The van der Waals surface area contributed by atoms with Gasteiger partial charge in [0, 0.05) is 12.6 Å². The van der Waals surface area contributed by atoms with E-state index in [4.69, 9.17) is 0 Å². The zero-order valence-corrected chi connectivity index (χ0v) is 11.1. The van der Waals surface area contributed by atoms with Gasteiger partial charge < -0.3 is 10.6 Å². The van der Waals surface area contributed by atoms with Crippen molar-refractivity contribution in [3.8, 4) is 0 Å². The van der Waals surface area contributed by atoms with E-state index in [0.717, 1.165) is 12.2 Å². The van der Waals surface area contributed by atoms with E-state index in [9.17, 15) is 4.79 Å². The summed E-state index contributed by atoms with van der Waals surface area (Å²) >= 11 is 0. The van der Waals surface area contributed by atoms with E-state index in [1.54, 1.807) is 13.2 Å². The van der Waals surface area contributed by atoms with Crippen LogP contribution >= 0.6 is 0 Å². The highest BCUT2D eigenvalue weighted by Crippen LogP contribution is 2.11. The molecule has 0 bridgehead atoms. The number of hydrogen-bond donors (Lipinski definition) is 2. The van der Waals surface area contributed by atoms with Gasteiger partial charge in [-0.15, -0.1) is 0 Å². The first-order valence-electron chi connectivity index (χ1n) is 6.27. The third kappa shape index (κ3) is 3.31. The minimum Gasteiger partial charge on any atom is -0.373 e. The second-order valence-electron chi connectivity index (χ2n) is 4.19. The highest BCUT2D eigenvalue weighted by molar-refractivity contribution is 6.04. The number of nitrogens with zero attached hydrogens (tertiary/aromatic N) is 1. The Balaban J connectivity index is 2.06. The Morgan fingerprint density at radius 2 is 1.89 bits per heavy atom. The van der Waals surface area contributed by atoms with Crippen molar-refractivity contribution in [3.63, 3.8) is 0 Å². The van der Waals surface area contributed by atoms with E-state index in [1.807, 2.05) is 36.4 Å². The fourth-order valence-electron chi connectivity index (χ4n) is 1.71. The molecular formula is C15H17N3O. The Kier molecular flexibility index (Phi) is 4.13. The lowest BCUT2D eigenvalue weighted by Crippen LogP contribution is -2.12. The number of carbonyl (C=O) groups excluding carboxylic acids is 1. The summed E-state index contributed by atoms with van der Waals surface area (Å²) in [4.78, 5) is 16.2. The van der Waals surface area contributed by atoms with Crippen molar-refractivity contribution >= 4 is 17.4 Å². The van der Waals surface area contributed by atoms with Crippen LogP contribution in [0.15, 0.2) is 42.6 Å². The molecule has 0 saturated carbocycles. The number of aromatic nitrogens is 1. The fraction of sp³-hybridized carbons (Fsp3) is 0.200. The number of rotatable bonds is 4. The van der Waals surface area contributed by atoms with E-state index >= 15 is 0 Å². The van der Waals surface area contributed by atoms with Gasteiger partial charge in [0.2, 0.25) is 0 Å². The number of anilines is 2. The summed E-state index contributed by atoms with van der Waals surface area (Å²) in [6, 6.07) is 11.2. The maximum Gasteiger partial charge on any atom is 0.255 e. The maximum atomic E-state index is 12.0. The van der Waals surface area contributed by atoms with E-state index in [0.29, 0.717) is 11.3 Å². The maximum absolute atomic E-state index is 12.0. The van der Waals surface area contributed by atoms with E-state index < -0.39 is 0 Å². The molecule has 0 aliphatic carbocycles. The zero-order valence-electron chi connectivity index (χ0n) is 11.1. The van der Waals surface area contributed by atoms with Gasteiger partial charge in [-0.05, 0) is 36.2 Å². The molecule has 0 radical (unpaired) electrons. The topological polar surface area (TPSA) is 54.0 Å². The number of pyridine rings is 1. The SMILES string of the molecule is CCc1ccc(C(=O)Nc2ccc(NC)nc2)cc1. The minimum atomic E-state index is -0.123. The Morgan fingerprint density at radius 3 is 2.42 bits per heavy atom. The van der Waals surface area contributed by atoms with Gasteiger partial charge in [0.15, 0.2) is 0 Å². The molecule has 0 aliphatic heterocycles. The number of hydrogen-bond acceptors (Lipinski definition) is 3. The Morgan fingerprint density at radius 1 is 1.16 bits per heavy atom. The summed E-state index contributed by atoms with van der Waals surface area (Å²) in [6.07, 6.45) is 2.60. The molecule has 1 aromatic carbocycles. The molecule has 98 valence electrons. The largest absolute Gasteiger partial charge is 0.373 e. The minimum absolute atomic E-state index is 0.123. The lowest BCUT2D eigenvalue weighted by Gasteiger charge is -2.06. The highest BCUT2D eigenvalue weighted by Gasteiger charge is 2.05. The van der Waals surface area contributed by atoms with Crippen LogP contribution in [0, 0.1) is 0 Å². The van der Waals surface area contributed by atoms with Crippen LogP contribution in [0.4, 0.5) is 11.5 Å². The van der Waals surface area contributed by atoms with Crippen molar-refractivity contribution < 1.29 is 4.79 Å². The number of aryl methyl sites for hydroxylation is 1. The first-order valence-corrected chi connectivity index (χ1v) is 6.27. The molecule has 1 aromatic heterocycles. The van der Waals surface area contributed by atoms with Crippen molar-refractivity contribution in [3.05, 3.63) is 53.7 Å². The van der Waals surface area contributed by atoms with Gasteiger partial charge in [0.1, 0.15) is 5.82 Å². The zero-order chi connectivity index (χ0) is 13.7. The van der Waals surface area contributed by atoms with Crippen molar-refractivity contribution in [2.45, 2.75) is 13.3 Å². The summed E-state index contributed by atoms with van der Waals surface area (Å²) in [5, 5.41) is 5.75. The molecule has 2 N–H and O–H groups in total. The fourth-order valence-corrected chi connectivity index (χ4v) is 1.71. The molecule has 4 nitrogen and oxygen atoms in total. The molecular weight excluding hydrogens is 238 g/mol. The van der Waals surface area contributed by atoms with Crippen LogP contribution < -0.4 is 10.6 Å². The summed E-state index contributed by atoms with van der Waals surface area (Å²) in [5.41, 5.74) is 2.55. The van der Waals surface area contributed by atoms with Crippen LogP contribution in [-0.4, -0.2) is 17.9 Å². The quantitative estimate of drug-likeness (QED) is 0.883. The lowest BCUT2D eigenvalue weighted by atomic mass is 10.1. The monoisotopic (exact) mass is 255 g/mol. The van der Waals surface area contributed by atoms with Gasteiger partial charge in [0.25, 0.3) is 5.91 Å². The molecule has 0 saturated heterocycles. The second-order valence-corrected chi connectivity index (χ2v) is 4.19. The third-order valence-corrected chi connectivity index (χ3v) is 2.90. The van der Waals surface area contributed by atoms with Gasteiger partial charge in [-0.25, -0.2) is 4.98 Å². The molecule has 2 rings (SSSR count). The Labute approximate surface area is 112 Å². The van der Waals surface area contributed by atoms with Gasteiger partial charge in [0.05, 0.1) is 11.9 Å². The van der Waals surface area contributed by atoms with Crippen LogP contribution in [0.5, 0.6) is 0 Å². The molecule has 0 fully saturated rings. The number of benzene rings is 1.